The standard InChI is InChI=1S/C52H70N9O5P/c1-5-38-35-53-52(57-50(38)54-44-17-11-12-19-48(44)67(3,4)64)55-43-21-20-41(34-47(43)65-2)59-27-24-40(25-28-59)60-31-29-58(30-32-60)26-13-9-7-6-8-10-14-33-66-46-18-15-16-39-36-61(37-42(39)46)45-22-23-49(62)56-51(45)63/h5,11-12,15-21,34-35,40,45H,1,6-10,13-14,22-33,36-37H2,2-4H3,(H,56,62,63)(H2,53,54,55,57). The van der Waals surface area contributed by atoms with Crippen LogP contribution in [0.5, 0.6) is 11.5 Å². The van der Waals surface area contributed by atoms with Gasteiger partial charge in [0, 0.05) is 99.2 Å². The van der Waals surface area contributed by atoms with Crippen molar-refractivity contribution >= 4 is 59.2 Å². The summed E-state index contributed by atoms with van der Waals surface area (Å²) in [5.74, 6) is 2.30. The van der Waals surface area contributed by atoms with Crippen LogP contribution in [-0.2, 0) is 27.2 Å². The fourth-order valence-electron chi connectivity index (χ4n) is 10.1. The average molecular weight is 932 g/mol. The Morgan fingerprint density at radius 3 is 2.33 bits per heavy atom. The highest BCUT2D eigenvalue weighted by atomic mass is 31.2. The highest BCUT2D eigenvalue weighted by Crippen LogP contribution is 2.39. The Labute approximate surface area is 397 Å². The van der Waals surface area contributed by atoms with Gasteiger partial charge in [-0.1, -0.05) is 69.0 Å². The van der Waals surface area contributed by atoms with E-state index < -0.39 is 7.14 Å². The Morgan fingerprint density at radius 2 is 1.58 bits per heavy atom. The fourth-order valence-corrected chi connectivity index (χ4v) is 11.3. The summed E-state index contributed by atoms with van der Waals surface area (Å²) in [7, 11) is -0.836. The minimum atomic E-state index is -2.53. The number of anilines is 5. The number of hydrogen-bond donors (Lipinski definition) is 3. The lowest BCUT2D eigenvalue weighted by Crippen LogP contribution is -2.53. The molecule has 4 aliphatic heterocycles. The number of fused-ring (bicyclic) bond motifs is 1. The van der Waals surface area contributed by atoms with Gasteiger partial charge in [0.25, 0.3) is 0 Å². The van der Waals surface area contributed by atoms with Gasteiger partial charge < -0.3 is 34.5 Å². The first kappa shape index (κ1) is 48.2. The van der Waals surface area contributed by atoms with Crippen LogP contribution in [0.3, 0.4) is 0 Å². The minimum absolute atomic E-state index is 0.171. The molecule has 8 rings (SSSR count). The number of piperidine rings is 2. The number of methoxy groups -OCH3 is 1. The Balaban J connectivity index is 0.695. The molecule has 2 amide bonds. The van der Waals surface area contributed by atoms with Gasteiger partial charge in [0.1, 0.15) is 24.5 Å². The number of imide groups is 1. The van der Waals surface area contributed by atoms with E-state index in [0.717, 1.165) is 105 Å². The largest absolute Gasteiger partial charge is 0.494 e. The van der Waals surface area contributed by atoms with Gasteiger partial charge in [-0.2, -0.15) is 4.98 Å². The van der Waals surface area contributed by atoms with Crippen molar-refractivity contribution < 1.29 is 23.6 Å². The maximum Gasteiger partial charge on any atom is 0.243 e. The van der Waals surface area contributed by atoms with E-state index >= 15 is 0 Å². The number of benzene rings is 3. The monoisotopic (exact) mass is 932 g/mol. The third-order valence-electron chi connectivity index (χ3n) is 14.0. The maximum absolute atomic E-state index is 13.0. The molecule has 0 bridgehead atoms. The molecule has 14 nitrogen and oxygen atoms in total. The van der Waals surface area contributed by atoms with Gasteiger partial charge in [0.15, 0.2) is 0 Å². The van der Waals surface area contributed by atoms with Crippen LogP contribution in [0.25, 0.3) is 6.08 Å². The SMILES string of the molecule is C=Cc1cnc(Nc2ccc(N3CCC(N4CCN(CCCCCCCCCOc5cccc6c5CN(C5CCC(=O)NC5=O)C6)CC4)CC3)cc2OC)nc1Nc1ccccc1P(C)(C)=O. The molecule has 4 aromatic rings. The zero-order valence-electron chi connectivity index (χ0n) is 39.8. The second kappa shape index (κ2) is 22.7. The molecule has 358 valence electrons. The summed E-state index contributed by atoms with van der Waals surface area (Å²) in [6.45, 7) is 17.5. The van der Waals surface area contributed by atoms with Crippen molar-refractivity contribution in [3.8, 4) is 11.5 Å². The van der Waals surface area contributed by atoms with Crippen molar-refractivity contribution in [2.75, 3.05) is 88.4 Å². The van der Waals surface area contributed by atoms with Gasteiger partial charge in [-0.25, -0.2) is 4.98 Å². The molecule has 3 fully saturated rings. The van der Waals surface area contributed by atoms with Crippen LogP contribution in [0.15, 0.2) is 73.4 Å². The van der Waals surface area contributed by atoms with E-state index in [1.54, 1.807) is 32.7 Å². The third-order valence-corrected chi connectivity index (χ3v) is 15.5. The molecule has 3 aromatic carbocycles. The molecule has 15 heteroatoms. The van der Waals surface area contributed by atoms with E-state index in [1.807, 2.05) is 42.5 Å². The van der Waals surface area contributed by atoms with Crippen molar-refractivity contribution in [2.45, 2.75) is 95.8 Å². The Kier molecular flexibility index (Phi) is 16.3. The number of nitrogens with zero attached hydrogens (tertiary/aromatic N) is 6. The number of rotatable bonds is 21. The molecule has 1 unspecified atom stereocenters. The van der Waals surface area contributed by atoms with E-state index in [2.05, 4.69) is 65.3 Å². The summed E-state index contributed by atoms with van der Waals surface area (Å²) >= 11 is 0. The Morgan fingerprint density at radius 1 is 0.821 bits per heavy atom. The molecular formula is C52H70N9O5P. The number of carbonyl (C=O) groups is 2. The van der Waals surface area contributed by atoms with Crippen molar-refractivity contribution in [3.05, 3.63) is 90.1 Å². The molecule has 0 saturated carbocycles. The summed E-state index contributed by atoms with van der Waals surface area (Å²) in [5.41, 5.74) is 5.82. The van der Waals surface area contributed by atoms with Gasteiger partial charge in [0.05, 0.1) is 31.1 Å². The number of para-hydroxylation sites is 1. The molecule has 5 heterocycles. The molecule has 0 aliphatic carbocycles. The first-order valence-electron chi connectivity index (χ1n) is 24.4. The van der Waals surface area contributed by atoms with E-state index in [0.29, 0.717) is 43.8 Å². The summed E-state index contributed by atoms with van der Waals surface area (Å²) in [6, 6.07) is 20.5. The number of ether oxygens (including phenoxy) is 2. The smallest absolute Gasteiger partial charge is 0.243 e. The van der Waals surface area contributed by atoms with Crippen LogP contribution in [0, 0.1) is 0 Å². The van der Waals surface area contributed by atoms with E-state index in [9.17, 15) is 14.2 Å². The van der Waals surface area contributed by atoms with Crippen molar-refractivity contribution in [1.29, 1.82) is 0 Å². The van der Waals surface area contributed by atoms with Crippen molar-refractivity contribution in [3.63, 3.8) is 0 Å². The summed E-state index contributed by atoms with van der Waals surface area (Å²) in [4.78, 5) is 43.4. The van der Waals surface area contributed by atoms with Crippen LogP contribution in [0.2, 0.25) is 0 Å². The lowest BCUT2D eigenvalue weighted by atomic mass is 10.0. The number of aromatic nitrogens is 2. The zero-order valence-corrected chi connectivity index (χ0v) is 40.7. The van der Waals surface area contributed by atoms with Gasteiger partial charge in [-0.15, -0.1) is 0 Å². The van der Waals surface area contributed by atoms with Crippen LogP contribution in [-0.4, -0.2) is 121 Å². The quantitative estimate of drug-likeness (QED) is 0.0419. The molecule has 3 saturated heterocycles. The van der Waals surface area contributed by atoms with E-state index in [1.165, 1.54) is 56.2 Å². The maximum atomic E-state index is 13.0. The van der Waals surface area contributed by atoms with Gasteiger partial charge in [-0.05, 0) is 87.9 Å². The zero-order chi connectivity index (χ0) is 46.8. The number of carbonyl (C=O) groups excluding carboxylic acids is 2. The highest BCUT2D eigenvalue weighted by Gasteiger charge is 2.36. The third kappa shape index (κ3) is 12.4. The molecule has 1 atom stereocenters. The summed E-state index contributed by atoms with van der Waals surface area (Å²) in [6.07, 6.45) is 15.3. The molecule has 3 N–H and O–H groups in total. The molecule has 0 radical (unpaired) electrons. The highest BCUT2D eigenvalue weighted by molar-refractivity contribution is 7.70. The lowest BCUT2D eigenvalue weighted by Gasteiger charge is -2.43. The first-order valence-corrected chi connectivity index (χ1v) is 27.0. The fraction of sp³-hybridized carbons (Fsp3) is 0.500. The van der Waals surface area contributed by atoms with Crippen LogP contribution in [0.1, 0.15) is 87.3 Å². The number of nitrogens with one attached hydrogen (secondary N) is 3. The lowest BCUT2D eigenvalue weighted by molar-refractivity contribution is -0.137. The Hall–Kier alpha value is -5.27. The topological polar surface area (TPSA) is 144 Å². The molecular weight excluding hydrogens is 862 g/mol. The number of amides is 2. The van der Waals surface area contributed by atoms with Crippen molar-refractivity contribution in [1.82, 2.24) is 30.0 Å². The van der Waals surface area contributed by atoms with Crippen LogP contribution in [0.4, 0.5) is 28.8 Å². The van der Waals surface area contributed by atoms with Crippen LogP contribution < -0.4 is 35.6 Å². The molecule has 4 aliphatic rings. The normalized spacial score (nSPS) is 18.7. The number of piperazine rings is 1. The van der Waals surface area contributed by atoms with Gasteiger partial charge in [-0.3, -0.25) is 24.7 Å². The van der Waals surface area contributed by atoms with Crippen LogP contribution >= 0.6 is 7.14 Å². The van der Waals surface area contributed by atoms with Gasteiger partial charge in [0.2, 0.25) is 17.8 Å². The summed E-state index contributed by atoms with van der Waals surface area (Å²) in [5, 5.41) is 9.99. The molecule has 1 aromatic heterocycles. The predicted molar refractivity (Wildman–Crippen MR) is 270 cm³/mol. The second-order valence-corrected chi connectivity index (χ2v) is 22.1. The average Bonchev–Trinajstić information content (AvgIpc) is 3.77. The van der Waals surface area contributed by atoms with Crippen molar-refractivity contribution in [2.24, 2.45) is 0 Å². The minimum Gasteiger partial charge on any atom is -0.494 e. The number of hydrogen-bond acceptors (Lipinski definition) is 13. The number of unbranched alkanes of at least 4 members (excludes halogenated alkanes) is 6. The Bertz CT molecular complexity index is 2390. The summed E-state index contributed by atoms with van der Waals surface area (Å²) < 4.78 is 25.1. The molecule has 0 spiro atoms. The van der Waals surface area contributed by atoms with Gasteiger partial charge >= 0.3 is 0 Å². The van der Waals surface area contributed by atoms with E-state index in [-0.39, 0.29) is 17.9 Å². The predicted octanol–water partition coefficient (Wildman–Crippen LogP) is 8.38. The second-order valence-electron chi connectivity index (χ2n) is 18.9. The van der Waals surface area contributed by atoms with E-state index in [4.69, 9.17) is 14.5 Å². The first-order chi connectivity index (χ1) is 32.6. The molecule has 67 heavy (non-hydrogen) atoms.